The first kappa shape index (κ1) is 49.0. The molecule has 356 valence electrons. The van der Waals surface area contributed by atoms with E-state index in [1.165, 1.54) is 56.4 Å². The second-order valence-corrected chi connectivity index (χ2v) is 17.3. The highest BCUT2D eigenvalue weighted by molar-refractivity contribution is 5.91. The summed E-state index contributed by atoms with van der Waals surface area (Å²) >= 11 is 0. The molecule has 3 heterocycles. The van der Waals surface area contributed by atoms with Crippen LogP contribution in [-0.2, 0) is 87.4 Å². The fraction of sp³-hybridized carbons (Fsp3) is 0.556. The van der Waals surface area contributed by atoms with E-state index in [4.69, 9.17) is 47.4 Å². The molecule has 2 saturated carbocycles. The summed E-state index contributed by atoms with van der Waals surface area (Å²) < 4.78 is 61.0. The van der Waals surface area contributed by atoms with E-state index in [-0.39, 0.29) is 23.2 Å². The van der Waals surface area contributed by atoms with Crippen LogP contribution in [0.1, 0.15) is 95.1 Å². The summed E-state index contributed by atoms with van der Waals surface area (Å²) in [5.41, 5.74) is -13.3. The molecule has 1 aromatic heterocycles. The summed E-state index contributed by atoms with van der Waals surface area (Å²) in [6.07, 6.45) is -12.2. The maximum absolute atomic E-state index is 14.9. The van der Waals surface area contributed by atoms with Crippen molar-refractivity contribution in [1.29, 1.82) is 0 Å². The standard InChI is InChI=1S/C45H51NO20/c1-22(47)57-21-44-36(61-25(4)50)32(59-23(2)48)31-34(63-38(53)28-14-11-10-12-15-28)45(44)43(9,56)35(33(60-24(3)49)37(44)62-26(5)51)64-40(55)41(7,65-27(6)52)18-17-30-29(16-13-19-46-30)39(54)58-20-42(31,8)66-45/h10-16,19,31-37,56H,17-18,20-21H2,1-9H3/t31-,32+,33-,34+,35+,36-,37-,41+,42-,43-,44-,45+/m0/s1. The number of nitrogens with zero attached hydrogens (tertiary/aromatic N) is 1. The number of pyridine rings is 1. The molecular formula is C45H51NO20. The van der Waals surface area contributed by atoms with Gasteiger partial charge in [0.25, 0.3) is 0 Å². The van der Waals surface area contributed by atoms with Gasteiger partial charge in [0, 0.05) is 54.2 Å². The monoisotopic (exact) mass is 925 g/mol. The van der Waals surface area contributed by atoms with Crippen LogP contribution in [0.4, 0.5) is 0 Å². The van der Waals surface area contributed by atoms with Crippen molar-refractivity contribution in [2.75, 3.05) is 13.2 Å². The van der Waals surface area contributed by atoms with Gasteiger partial charge in [-0.1, -0.05) is 18.2 Å². The lowest BCUT2D eigenvalue weighted by atomic mass is 9.45. The predicted molar refractivity (Wildman–Crippen MR) is 216 cm³/mol. The zero-order valence-corrected chi connectivity index (χ0v) is 37.6. The number of aryl methyl sites for hydroxylation is 1. The van der Waals surface area contributed by atoms with Gasteiger partial charge in [0.2, 0.25) is 5.60 Å². The van der Waals surface area contributed by atoms with Gasteiger partial charge < -0.3 is 52.5 Å². The Morgan fingerprint density at radius 2 is 1.32 bits per heavy atom. The third-order valence-corrected chi connectivity index (χ3v) is 12.5. The fourth-order valence-corrected chi connectivity index (χ4v) is 10.1. The van der Waals surface area contributed by atoms with E-state index in [1.54, 1.807) is 6.07 Å². The number of benzene rings is 1. The lowest BCUT2D eigenvalue weighted by Crippen LogP contribution is -2.89. The van der Waals surface area contributed by atoms with E-state index in [2.05, 4.69) is 4.98 Å². The largest absolute Gasteiger partial charge is 0.465 e. The molecule has 66 heavy (non-hydrogen) atoms. The molecule has 6 rings (SSSR count). The van der Waals surface area contributed by atoms with Crippen molar-refractivity contribution in [3.8, 4) is 0 Å². The minimum atomic E-state index is -3.03. The maximum Gasteiger partial charge on any atom is 0.350 e. The Balaban J connectivity index is 1.82. The van der Waals surface area contributed by atoms with Gasteiger partial charge in [-0.15, -0.1) is 0 Å². The molecule has 0 amide bonds. The average molecular weight is 926 g/mol. The van der Waals surface area contributed by atoms with Crippen LogP contribution in [0.25, 0.3) is 0 Å². The molecule has 1 saturated heterocycles. The maximum atomic E-state index is 14.9. The number of aliphatic hydroxyl groups is 1. The lowest BCUT2D eigenvalue weighted by molar-refractivity contribution is -0.386. The third kappa shape index (κ3) is 8.44. The van der Waals surface area contributed by atoms with Gasteiger partial charge in [-0.3, -0.25) is 33.8 Å². The lowest BCUT2D eigenvalue weighted by Gasteiger charge is -2.67. The zero-order valence-electron chi connectivity index (χ0n) is 37.6. The van der Waals surface area contributed by atoms with Gasteiger partial charge in [0.15, 0.2) is 30.0 Å². The number of hydrogen-bond donors (Lipinski definition) is 1. The summed E-state index contributed by atoms with van der Waals surface area (Å²) in [5.74, 6) is -11.6. The smallest absolute Gasteiger partial charge is 0.350 e. The van der Waals surface area contributed by atoms with E-state index in [1.807, 2.05) is 0 Å². The van der Waals surface area contributed by atoms with Crippen LogP contribution in [0, 0.1) is 11.3 Å². The Bertz CT molecular complexity index is 2310. The van der Waals surface area contributed by atoms with Crippen LogP contribution in [0.2, 0.25) is 0 Å². The van der Waals surface area contributed by atoms with E-state index in [0.717, 1.165) is 48.5 Å². The SMILES string of the molecule is CC(=O)OC[C@@]12[C@@H](OC(C)=O)[C@H](OC(C)=O)[C@H]3[C@@H](OC(=O)c4ccccc4)[C@]14O[C@@]3(C)COC(=O)c1cccnc1CC[C@@](C)(OC(C)=O)C(=O)O[C@H]([C@H](OC(C)=O)[C@@H]2OC(C)=O)[C@]4(C)O. The van der Waals surface area contributed by atoms with Gasteiger partial charge in [0.05, 0.1) is 22.7 Å². The summed E-state index contributed by atoms with van der Waals surface area (Å²) in [7, 11) is 0. The van der Waals surface area contributed by atoms with E-state index < -0.39 is 144 Å². The quantitative estimate of drug-likeness (QED) is 0.277. The molecule has 21 nitrogen and oxygen atoms in total. The fourth-order valence-electron chi connectivity index (χ4n) is 10.1. The molecule has 1 N–H and O–H groups in total. The minimum Gasteiger partial charge on any atom is -0.465 e. The number of carbonyl (C=O) groups excluding carboxylic acids is 9. The van der Waals surface area contributed by atoms with Crippen molar-refractivity contribution < 1.29 is 95.6 Å². The first-order valence-electron chi connectivity index (χ1n) is 20.9. The molecule has 12 atom stereocenters. The topological polar surface area (TPSA) is 279 Å². The number of esters is 9. The van der Waals surface area contributed by atoms with Crippen molar-refractivity contribution in [3.63, 3.8) is 0 Å². The first-order valence-corrected chi connectivity index (χ1v) is 20.9. The normalized spacial score (nSPS) is 34.6. The average Bonchev–Trinajstić information content (AvgIpc) is 3.45. The van der Waals surface area contributed by atoms with Gasteiger partial charge >= 0.3 is 53.7 Å². The molecule has 4 bridgehead atoms. The second kappa shape index (κ2) is 18.1. The van der Waals surface area contributed by atoms with Gasteiger partial charge in [0.1, 0.15) is 42.0 Å². The second-order valence-electron chi connectivity index (χ2n) is 17.3. The molecule has 21 heteroatoms. The third-order valence-electron chi connectivity index (χ3n) is 12.5. The molecule has 4 aliphatic rings. The highest BCUT2D eigenvalue weighted by atomic mass is 16.7. The van der Waals surface area contributed by atoms with Gasteiger partial charge in [-0.25, -0.2) is 14.4 Å². The summed E-state index contributed by atoms with van der Waals surface area (Å²) in [5, 5.41) is 13.8. The highest BCUT2D eigenvalue weighted by Crippen LogP contribution is 2.70. The Morgan fingerprint density at radius 1 is 0.727 bits per heavy atom. The number of ether oxygens (including phenoxy) is 10. The molecule has 0 radical (unpaired) electrons. The van der Waals surface area contributed by atoms with Crippen LogP contribution in [0.15, 0.2) is 48.7 Å². The Labute approximate surface area is 377 Å². The van der Waals surface area contributed by atoms with Crippen molar-refractivity contribution in [3.05, 3.63) is 65.5 Å². The molecule has 2 aliphatic heterocycles. The van der Waals surface area contributed by atoms with E-state index >= 15 is 0 Å². The number of fused-ring (bicyclic) bond motifs is 5. The van der Waals surface area contributed by atoms with Crippen molar-refractivity contribution in [1.82, 2.24) is 4.98 Å². The Morgan fingerprint density at radius 3 is 1.89 bits per heavy atom. The van der Waals surface area contributed by atoms with E-state index in [0.29, 0.717) is 0 Å². The van der Waals surface area contributed by atoms with Crippen LogP contribution >= 0.6 is 0 Å². The Hall–Kier alpha value is -6.48. The predicted octanol–water partition coefficient (Wildman–Crippen LogP) is 1.84. The number of carbonyl (C=O) groups is 9. The molecule has 2 aliphatic carbocycles. The number of rotatable bonds is 9. The molecule has 1 spiro atoms. The van der Waals surface area contributed by atoms with Crippen LogP contribution < -0.4 is 0 Å². The molecule has 0 unspecified atom stereocenters. The molecular weight excluding hydrogens is 874 g/mol. The van der Waals surface area contributed by atoms with Crippen molar-refractivity contribution >= 4 is 53.7 Å². The zero-order chi connectivity index (χ0) is 48.7. The van der Waals surface area contributed by atoms with Crippen molar-refractivity contribution in [2.45, 2.75) is 134 Å². The molecule has 1 aromatic carbocycles. The highest BCUT2D eigenvalue weighted by Gasteiger charge is 2.92. The minimum absolute atomic E-state index is 0.0691. The van der Waals surface area contributed by atoms with E-state index in [9.17, 15) is 48.3 Å². The molecule has 3 fully saturated rings. The van der Waals surface area contributed by atoms with Gasteiger partial charge in [-0.2, -0.15) is 0 Å². The van der Waals surface area contributed by atoms with Crippen LogP contribution in [-0.4, -0.2) is 136 Å². The number of cyclic esters (lactones) is 1. The summed E-state index contributed by atoms with van der Waals surface area (Å²) in [4.78, 5) is 127. The summed E-state index contributed by atoms with van der Waals surface area (Å²) in [6.45, 7) is 7.32. The Kier molecular flexibility index (Phi) is 13.4. The van der Waals surface area contributed by atoms with Crippen LogP contribution in [0.3, 0.4) is 0 Å². The van der Waals surface area contributed by atoms with Gasteiger partial charge in [-0.05, 0) is 51.5 Å². The summed E-state index contributed by atoms with van der Waals surface area (Å²) in [6, 6.07) is 10.2. The number of hydrogen-bond acceptors (Lipinski definition) is 21. The number of aromatic nitrogens is 1. The van der Waals surface area contributed by atoms with Crippen molar-refractivity contribution in [2.24, 2.45) is 11.3 Å². The first-order chi connectivity index (χ1) is 30.8. The molecule has 2 aromatic rings. The van der Waals surface area contributed by atoms with Crippen LogP contribution in [0.5, 0.6) is 0 Å².